The Morgan fingerprint density at radius 3 is 2.42 bits per heavy atom. The Morgan fingerprint density at radius 2 is 1.75 bits per heavy atom. The molecule has 1 aromatic heterocycles. The Hall–Kier alpha value is -4.43. The first-order valence-corrected chi connectivity index (χ1v) is 21.5. The van der Waals surface area contributed by atoms with Gasteiger partial charge < -0.3 is 39.0 Å². The molecule has 4 unspecified atom stereocenters. The van der Waals surface area contributed by atoms with Gasteiger partial charge in [-0.05, 0) is 72.7 Å². The van der Waals surface area contributed by atoms with E-state index in [1.165, 1.54) is 14.0 Å². The van der Waals surface area contributed by atoms with Crippen LogP contribution < -0.4 is 9.64 Å². The van der Waals surface area contributed by atoms with Crippen molar-refractivity contribution < 1.29 is 43.5 Å². The van der Waals surface area contributed by atoms with Gasteiger partial charge in [-0.2, -0.15) is 0 Å². The van der Waals surface area contributed by atoms with Crippen LogP contribution in [0.5, 0.6) is 5.75 Å². The smallest absolute Gasteiger partial charge is 0.347 e. The first-order valence-electron chi connectivity index (χ1n) is 21.5. The fourth-order valence-electron chi connectivity index (χ4n) is 13.7. The number of carbonyl (C=O) groups is 3. The van der Waals surface area contributed by atoms with Crippen molar-refractivity contribution in [2.45, 2.75) is 101 Å². The van der Waals surface area contributed by atoms with Crippen molar-refractivity contribution in [1.29, 1.82) is 0 Å². The maximum atomic E-state index is 15.4. The predicted molar refractivity (Wildman–Crippen MR) is 224 cm³/mol. The minimum Gasteiger partial charge on any atom is -0.496 e. The number of hydrogen-bond donors (Lipinski definition) is 3. The summed E-state index contributed by atoms with van der Waals surface area (Å²) in [6.07, 6.45) is 4.45. The van der Waals surface area contributed by atoms with E-state index < -0.39 is 57.6 Å². The number of aromatic amines is 1. The van der Waals surface area contributed by atoms with Crippen LogP contribution in [-0.2, 0) is 46.0 Å². The molecule has 322 valence electrons. The number of carbonyl (C=O) groups excluding carboxylic acids is 3. The Bertz CT molecular complexity index is 2330. The van der Waals surface area contributed by atoms with E-state index in [0.717, 1.165) is 48.8 Å². The molecule has 5 aliphatic heterocycles. The van der Waals surface area contributed by atoms with Crippen molar-refractivity contribution in [3.63, 3.8) is 0 Å². The van der Waals surface area contributed by atoms with Gasteiger partial charge in [0.15, 0.2) is 11.8 Å². The molecule has 6 aliphatic rings. The zero-order valence-corrected chi connectivity index (χ0v) is 36.4. The van der Waals surface area contributed by atoms with Gasteiger partial charge in [-0.1, -0.05) is 58.0 Å². The van der Waals surface area contributed by atoms with E-state index in [2.05, 4.69) is 41.6 Å². The average molecular weight is 825 g/mol. The highest BCUT2D eigenvalue weighted by Crippen LogP contribution is 2.71. The lowest BCUT2D eigenvalue weighted by Gasteiger charge is -2.66. The third-order valence-electron chi connectivity index (χ3n) is 16.4. The zero-order chi connectivity index (χ0) is 42.9. The van der Waals surface area contributed by atoms with Gasteiger partial charge in [-0.3, -0.25) is 19.4 Å². The summed E-state index contributed by atoms with van der Waals surface area (Å²) in [6, 6.07) is 11.4. The molecule has 2 saturated heterocycles. The quantitative estimate of drug-likeness (QED) is 0.171. The van der Waals surface area contributed by atoms with Crippen LogP contribution in [0.1, 0.15) is 82.7 Å². The number of esters is 3. The lowest BCUT2D eigenvalue weighted by atomic mass is 9.46. The van der Waals surface area contributed by atoms with Gasteiger partial charge in [0.2, 0.25) is 5.60 Å². The third kappa shape index (κ3) is 4.80. The van der Waals surface area contributed by atoms with Gasteiger partial charge in [-0.15, -0.1) is 0 Å². The molecule has 10 atom stereocenters. The molecule has 1 spiro atoms. The molecule has 2 bridgehead atoms. The molecule has 3 aromatic rings. The normalized spacial score (nSPS) is 37.7. The first kappa shape index (κ1) is 40.9. The number of anilines is 1. The number of fused-ring (bicyclic) bond motifs is 6. The van der Waals surface area contributed by atoms with Gasteiger partial charge in [-0.25, -0.2) is 4.79 Å². The van der Waals surface area contributed by atoms with Crippen LogP contribution in [0.25, 0.3) is 10.9 Å². The summed E-state index contributed by atoms with van der Waals surface area (Å²) in [5, 5.41) is 28.2. The summed E-state index contributed by atoms with van der Waals surface area (Å²) >= 11 is 0. The molecule has 1 saturated carbocycles. The van der Waals surface area contributed by atoms with Crippen molar-refractivity contribution in [3.05, 3.63) is 70.9 Å². The van der Waals surface area contributed by atoms with Crippen LogP contribution in [0.2, 0.25) is 0 Å². The molecule has 0 radical (unpaired) electrons. The highest BCUT2D eigenvalue weighted by Gasteiger charge is 2.87. The van der Waals surface area contributed by atoms with Crippen LogP contribution in [0.15, 0.2) is 48.6 Å². The first-order chi connectivity index (χ1) is 28.5. The summed E-state index contributed by atoms with van der Waals surface area (Å²) in [7, 11) is 5.82. The number of hydrogen-bond acceptors (Lipinski definition) is 12. The minimum absolute atomic E-state index is 0.0151. The monoisotopic (exact) mass is 824 g/mol. The molecule has 3 N–H and O–H groups in total. The van der Waals surface area contributed by atoms with E-state index in [-0.39, 0.29) is 11.3 Å². The van der Waals surface area contributed by atoms with Gasteiger partial charge in [0, 0.05) is 85.5 Å². The Labute approximate surface area is 352 Å². The Morgan fingerprint density at radius 1 is 1.02 bits per heavy atom. The second-order valence-corrected chi connectivity index (χ2v) is 19.2. The Balaban J connectivity index is 1.38. The number of H-pyrrole nitrogens is 1. The van der Waals surface area contributed by atoms with Crippen molar-refractivity contribution in [2.75, 3.05) is 59.5 Å². The third-order valence-corrected chi connectivity index (χ3v) is 16.4. The number of methoxy groups -OCH3 is 3. The highest BCUT2D eigenvalue weighted by atomic mass is 16.6. The maximum absolute atomic E-state index is 15.4. The minimum atomic E-state index is -2.78. The molecule has 60 heavy (non-hydrogen) atoms. The van der Waals surface area contributed by atoms with Crippen molar-refractivity contribution >= 4 is 34.5 Å². The fraction of sp³-hybridized carbons (Fsp3) is 0.596. The summed E-state index contributed by atoms with van der Waals surface area (Å²) in [4.78, 5) is 53.0. The maximum Gasteiger partial charge on any atom is 0.347 e. The second-order valence-electron chi connectivity index (χ2n) is 19.2. The van der Waals surface area contributed by atoms with E-state index in [9.17, 15) is 19.8 Å². The van der Waals surface area contributed by atoms with Crippen molar-refractivity contribution in [1.82, 2.24) is 14.8 Å². The van der Waals surface area contributed by atoms with E-state index in [1.807, 2.05) is 49.4 Å². The largest absolute Gasteiger partial charge is 0.496 e. The topological polar surface area (TPSA) is 154 Å². The molecule has 2 aromatic carbocycles. The van der Waals surface area contributed by atoms with E-state index in [1.54, 1.807) is 19.1 Å². The number of piperidine rings is 1. The lowest BCUT2D eigenvalue weighted by molar-refractivity contribution is -0.291. The van der Waals surface area contributed by atoms with Crippen LogP contribution in [0, 0.1) is 22.7 Å². The molecule has 9 rings (SSSR count). The summed E-state index contributed by atoms with van der Waals surface area (Å²) in [5.74, 6) is -1.38. The van der Waals surface area contributed by atoms with Gasteiger partial charge in [0.25, 0.3) is 0 Å². The van der Waals surface area contributed by atoms with Crippen molar-refractivity contribution in [2.24, 2.45) is 22.7 Å². The number of nitrogens with one attached hydrogen (secondary N) is 1. The lowest BCUT2D eigenvalue weighted by Crippen LogP contribution is -2.87. The number of aromatic nitrogens is 1. The van der Waals surface area contributed by atoms with Crippen LogP contribution in [0.4, 0.5) is 5.69 Å². The zero-order valence-electron chi connectivity index (χ0n) is 36.4. The average Bonchev–Trinajstić information content (AvgIpc) is 3.87. The molecular formula is C47H60N4O9. The van der Waals surface area contributed by atoms with E-state index >= 15 is 4.79 Å². The van der Waals surface area contributed by atoms with Crippen molar-refractivity contribution in [3.8, 4) is 5.75 Å². The summed E-state index contributed by atoms with van der Waals surface area (Å²) < 4.78 is 23.8. The Kier molecular flexibility index (Phi) is 9.24. The number of likely N-dealkylation sites (N-methyl/N-ethyl adjacent to an activating group) is 1. The fourth-order valence-corrected chi connectivity index (χ4v) is 13.7. The number of aliphatic hydroxyl groups is 2. The molecular weight excluding hydrogens is 765 g/mol. The van der Waals surface area contributed by atoms with Crippen LogP contribution in [0.3, 0.4) is 0 Å². The number of benzene rings is 2. The van der Waals surface area contributed by atoms with E-state index in [0.29, 0.717) is 67.4 Å². The summed E-state index contributed by atoms with van der Waals surface area (Å²) in [5.41, 5.74) is -4.70. The number of nitrogens with zero attached hydrogens (tertiary/aromatic N) is 3. The van der Waals surface area contributed by atoms with Crippen LogP contribution in [-0.4, -0.2) is 121 Å². The molecule has 6 heterocycles. The van der Waals surface area contributed by atoms with Gasteiger partial charge in [0.05, 0.1) is 26.7 Å². The molecule has 1 aliphatic carbocycles. The second kappa shape index (κ2) is 13.5. The predicted octanol–water partition coefficient (Wildman–Crippen LogP) is 4.79. The number of ether oxygens (including phenoxy) is 4. The molecule has 0 amide bonds. The van der Waals surface area contributed by atoms with E-state index in [4.69, 9.17) is 18.9 Å². The number of para-hydroxylation sites is 1. The highest BCUT2D eigenvalue weighted by molar-refractivity contribution is 5.95. The molecule has 13 heteroatoms. The standard InChI is InChI=1S/C47H60N4O9/c1-10-43-16-13-18-51-19-17-45(38(43)51)32-20-33(36(57-7)21-35(32)49(6)47(45,56)46(55,41(54)59-9)39(43)60-28(4)52)44(40(53)58-8)23-29-22-42(5,27(2)3)26-50(24-29)25-31-30-14-11-12-15-34(30)48-37(31)44/h11-16,20-21,27,29,38-39,48,55-56H,10,17-19,22-26H2,1-9H3/t29?,38-,39+,42?,43+,44-,45+,46?,47-/m0/s1. The van der Waals surface area contributed by atoms with Gasteiger partial charge >= 0.3 is 17.9 Å². The number of rotatable bonds is 7. The van der Waals surface area contributed by atoms with Crippen LogP contribution >= 0.6 is 0 Å². The van der Waals surface area contributed by atoms with Gasteiger partial charge in [0.1, 0.15) is 11.2 Å². The molecule has 13 nitrogen and oxygen atoms in total. The SMILES string of the molecule is CC[C@]12C=CCN3CC[C@@]4(c5cc([C@@]6(C(=O)OC)CC7CN(Cc8c6[nH]c6ccccc86)CC(C)(C(C)C)C7)c(OC)cc5N(C)[C@@]4(O)C(O)(C(=O)OC)[C@@H]1OC(C)=O)[C@@H]32. The molecule has 3 fully saturated rings. The summed E-state index contributed by atoms with van der Waals surface area (Å²) in [6.45, 7) is 13.5.